The van der Waals surface area contributed by atoms with Crippen molar-refractivity contribution in [3.63, 3.8) is 0 Å². The van der Waals surface area contributed by atoms with Crippen LogP contribution in [0.1, 0.15) is 24.7 Å². The van der Waals surface area contributed by atoms with Crippen molar-refractivity contribution >= 4 is 17.7 Å². The van der Waals surface area contributed by atoms with E-state index in [2.05, 4.69) is 10.2 Å². The fraction of sp³-hybridized carbons (Fsp3) is 0.250. The molecule has 1 saturated heterocycles. The van der Waals surface area contributed by atoms with Crippen LogP contribution in [0.2, 0.25) is 0 Å². The Morgan fingerprint density at radius 1 is 1.15 bits per heavy atom. The Labute approximate surface area is 160 Å². The van der Waals surface area contributed by atoms with E-state index in [1.165, 1.54) is 23.9 Å². The zero-order chi connectivity index (χ0) is 18.8. The van der Waals surface area contributed by atoms with Gasteiger partial charge >= 0.3 is 5.97 Å². The third-order valence-electron chi connectivity index (χ3n) is 4.36. The first kappa shape index (κ1) is 17.7. The smallest absolute Gasteiger partial charge is 0.319 e. The third-order valence-corrected chi connectivity index (χ3v) is 5.51. The van der Waals surface area contributed by atoms with Gasteiger partial charge in [-0.3, -0.25) is 9.36 Å². The number of aromatic nitrogens is 3. The van der Waals surface area contributed by atoms with E-state index in [1.54, 1.807) is 12.1 Å². The molecule has 0 spiro atoms. The van der Waals surface area contributed by atoms with Crippen LogP contribution in [-0.2, 0) is 16.0 Å². The Hall–Kier alpha value is -2.67. The molecule has 0 radical (unpaired) electrons. The predicted molar refractivity (Wildman–Crippen MR) is 100 cm³/mol. The van der Waals surface area contributed by atoms with Gasteiger partial charge in [-0.1, -0.05) is 42.1 Å². The Morgan fingerprint density at radius 2 is 1.89 bits per heavy atom. The molecule has 0 unspecified atom stereocenters. The molecule has 4 rings (SSSR count). The van der Waals surface area contributed by atoms with Crippen LogP contribution in [0, 0.1) is 5.82 Å². The molecule has 5 nitrogen and oxygen atoms in total. The first-order chi connectivity index (χ1) is 13.1. The average molecular weight is 383 g/mol. The molecule has 1 aromatic heterocycles. The highest BCUT2D eigenvalue weighted by Gasteiger charge is 2.34. The number of carbonyl (C=O) groups is 1. The SMILES string of the molecule is C[C@@H]1C[C@H](Sc2nnc(Cc3ccccc3)n2-c2ccc(F)cc2)C(=O)O1. The van der Waals surface area contributed by atoms with Crippen molar-refractivity contribution in [2.45, 2.75) is 36.3 Å². The summed E-state index contributed by atoms with van der Waals surface area (Å²) in [5.41, 5.74) is 1.85. The van der Waals surface area contributed by atoms with Crippen LogP contribution >= 0.6 is 11.8 Å². The molecule has 0 N–H and O–H groups in total. The molecule has 27 heavy (non-hydrogen) atoms. The maximum atomic E-state index is 13.4. The lowest BCUT2D eigenvalue weighted by Gasteiger charge is -2.11. The Balaban J connectivity index is 1.70. The quantitative estimate of drug-likeness (QED) is 0.628. The molecule has 2 atom stereocenters. The number of esters is 1. The second-order valence-corrected chi connectivity index (χ2v) is 7.63. The van der Waals surface area contributed by atoms with E-state index in [0.29, 0.717) is 18.0 Å². The molecule has 7 heteroatoms. The zero-order valence-corrected chi connectivity index (χ0v) is 15.5. The van der Waals surface area contributed by atoms with Gasteiger partial charge in [-0.05, 0) is 36.8 Å². The lowest BCUT2D eigenvalue weighted by Crippen LogP contribution is -2.11. The second-order valence-electron chi connectivity index (χ2n) is 6.46. The van der Waals surface area contributed by atoms with Crippen LogP contribution in [0.25, 0.3) is 5.69 Å². The molecule has 2 aromatic carbocycles. The molecule has 138 valence electrons. The first-order valence-electron chi connectivity index (χ1n) is 8.71. The van der Waals surface area contributed by atoms with Gasteiger partial charge in [-0.25, -0.2) is 4.39 Å². The van der Waals surface area contributed by atoms with Crippen molar-refractivity contribution in [2.24, 2.45) is 0 Å². The van der Waals surface area contributed by atoms with Gasteiger partial charge in [0.15, 0.2) is 5.16 Å². The van der Waals surface area contributed by atoms with E-state index in [9.17, 15) is 9.18 Å². The number of benzene rings is 2. The fourth-order valence-electron chi connectivity index (χ4n) is 3.06. The number of nitrogens with zero attached hydrogens (tertiary/aromatic N) is 3. The van der Waals surface area contributed by atoms with Crippen molar-refractivity contribution in [3.8, 4) is 5.69 Å². The van der Waals surface area contributed by atoms with E-state index in [0.717, 1.165) is 17.1 Å². The number of hydrogen-bond donors (Lipinski definition) is 0. The van der Waals surface area contributed by atoms with Crippen LogP contribution in [0.4, 0.5) is 4.39 Å². The molecular weight excluding hydrogens is 365 g/mol. The summed E-state index contributed by atoms with van der Waals surface area (Å²) < 4.78 is 20.5. The van der Waals surface area contributed by atoms with Crippen molar-refractivity contribution in [1.82, 2.24) is 14.8 Å². The van der Waals surface area contributed by atoms with Crippen LogP contribution in [0.5, 0.6) is 0 Å². The number of rotatable bonds is 5. The largest absolute Gasteiger partial charge is 0.462 e. The Morgan fingerprint density at radius 3 is 2.56 bits per heavy atom. The molecule has 1 fully saturated rings. The molecular formula is C20H18FN3O2S. The van der Waals surface area contributed by atoms with Crippen molar-refractivity contribution in [3.05, 3.63) is 71.8 Å². The van der Waals surface area contributed by atoms with Gasteiger partial charge in [0, 0.05) is 18.5 Å². The lowest BCUT2D eigenvalue weighted by molar-refractivity contribution is -0.140. The second kappa shape index (κ2) is 7.52. The minimum absolute atomic E-state index is 0.0963. The molecule has 3 aromatic rings. The number of cyclic esters (lactones) is 1. The molecule has 1 aliphatic rings. The summed E-state index contributed by atoms with van der Waals surface area (Å²) in [6.45, 7) is 1.88. The lowest BCUT2D eigenvalue weighted by atomic mass is 10.1. The molecule has 2 heterocycles. The van der Waals surface area contributed by atoms with Crippen LogP contribution < -0.4 is 0 Å². The van der Waals surface area contributed by atoms with Crippen LogP contribution in [-0.4, -0.2) is 32.1 Å². The standard InChI is InChI=1S/C20H18FN3O2S/c1-13-11-17(19(25)26-13)27-20-23-22-18(12-14-5-3-2-4-6-14)24(20)16-9-7-15(21)8-10-16/h2-10,13,17H,11-12H2,1H3/t13-,17+/m1/s1. The summed E-state index contributed by atoms with van der Waals surface area (Å²) in [4.78, 5) is 12.0. The van der Waals surface area contributed by atoms with E-state index >= 15 is 0 Å². The number of carbonyl (C=O) groups excluding carboxylic acids is 1. The van der Waals surface area contributed by atoms with Crippen molar-refractivity contribution in [1.29, 1.82) is 0 Å². The average Bonchev–Trinajstić information content (AvgIpc) is 3.19. The van der Waals surface area contributed by atoms with Gasteiger partial charge in [-0.2, -0.15) is 0 Å². The van der Waals surface area contributed by atoms with Crippen molar-refractivity contribution < 1.29 is 13.9 Å². The topological polar surface area (TPSA) is 57.0 Å². The maximum Gasteiger partial charge on any atom is 0.319 e. The molecule has 0 bridgehead atoms. The van der Waals surface area contributed by atoms with E-state index in [-0.39, 0.29) is 23.1 Å². The summed E-state index contributed by atoms with van der Waals surface area (Å²) in [5, 5.41) is 8.94. The fourth-order valence-corrected chi connectivity index (χ4v) is 4.24. The van der Waals surface area contributed by atoms with E-state index < -0.39 is 0 Å². The van der Waals surface area contributed by atoms with Gasteiger partial charge in [0.05, 0.1) is 0 Å². The highest BCUT2D eigenvalue weighted by molar-refractivity contribution is 8.00. The zero-order valence-electron chi connectivity index (χ0n) is 14.7. The minimum Gasteiger partial charge on any atom is -0.462 e. The number of halogens is 1. The summed E-state index contributed by atoms with van der Waals surface area (Å²) in [5.74, 6) is 0.194. The van der Waals surface area contributed by atoms with Gasteiger partial charge in [-0.15, -0.1) is 10.2 Å². The maximum absolute atomic E-state index is 13.4. The summed E-state index contributed by atoms with van der Waals surface area (Å²) >= 11 is 1.34. The number of hydrogen-bond acceptors (Lipinski definition) is 5. The number of thioether (sulfide) groups is 1. The third kappa shape index (κ3) is 3.88. The van der Waals surface area contributed by atoms with Crippen molar-refractivity contribution in [2.75, 3.05) is 0 Å². The van der Waals surface area contributed by atoms with Gasteiger partial charge in [0.25, 0.3) is 0 Å². The van der Waals surface area contributed by atoms with Gasteiger partial charge in [0.2, 0.25) is 0 Å². The van der Waals surface area contributed by atoms with Crippen LogP contribution in [0.15, 0.2) is 59.8 Å². The Kier molecular flexibility index (Phi) is 4.94. The Bertz CT molecular complexity index is 944. The molecule has 0 saturated carbocycles. The van der Waals surface area contributed by atoms with Gasteiger partial charge < -0.3 is 4.74 Å². The number of ether oxygens (including phenoxy) is 1. The molecule has 0 amide bonds. The normalized spacial score (nSPS) is 19.3. The molecule has 1 aliphatic heterocycles. The summed E-state index contributed by atoms with van der Waals surface area (Å²) in [6, 6.07) is 16.1. The highest BCUT2D eigenvalue weighted by Crippen LogP contribution is 2.33. The van der Waals surface area contributed by atoms with Gasteiger partial charge in [0.1, 0.15) is 23.0 Å². The minimum atomic E-state index is -0.312. The monoisotopic (exact) mass is 383 g/mol. The highest BCUT2D eigenvalue weighted by atomic mass is 32.2. The predicted octanol–water partition coefficient (Wildman–Crippen LogP) is 3.79. The summed E-state index contributed by atoms with van der Waals surface area (Å²) in [7, 11) is 0. The van der Waals surface area contributed by atoms with Crippen LogP contribution in [0.3, 0.4) is 0 Å². The summed E-state index contributed by atoms with van der Waals surface area (Å²) in [6.07, 6.45) is 1.12. The first-order valence-corrected chi connectivity index (χ1v) is 9.59. The van der Waals surface area contributed by atoms with E-state index in [1.807, 2.05) is 41.8 Å². The molecule has 0 aliphatic carbocycles. The van der Waals surface area contributed by atoms with E-state index in [4.69, 9.17) is 4.74 Å².